The largest absolute Gasteiger partial charge is 0.493 e. The molecule has 4 aromatic carbocycles. The number of carbonyl (C=O) groups is 3. The van der Waals surface area contributed by atoms with Crippen LogP contribution in [0.1, 0.15) is 15.9 Å². The first-order chi connectivity index (χ1) is 22.2. The van der Waals surface area contributed by atoms with Gasteiger partial charge in [-0.3, -0.25) is 24.5 Å². The van der Waals surface area contributed by atoms with E-state index in [1.807, 2.05) is 0 Å². The second-order valence-electron chi connectivity index (χ2n) is 9.46. The highest BCUT2D eigenvalue weighted by atomic mass is 32.2. The molecule has 0 unspecified atom stereocenters. The third-order valence-corrected chi connectivity index (χ3v) is 7.38. The topological polar surface area (TPSA) is 158 Å². The minimum atomic E-state index is -0.582. The number of anilines is 2. The van der Waals surface area contributed by atoms with Crippen LogP contribution in [0.2, 0.25) is 0 Å². The van der Waals surface area contributed by atoms with Crippen molar-refractivity contribution < 1.29 is 33.5 Å². The van der Waals surface area contributed by atoms with Gasteiger partial charge in [-0.1, -0.05) is 18.2 Å². The van der Waals surface area contributed by atoms with E-state index in [4.69, 9.17) is 14.2 Å². The van der Waals surface area contributed by atoms with Crippen LogP contribution in [0, 0.1) is 10.1 Å². The summed E-state index contributed by atoms with van der Waals surface area (Å²) in [7, 11) is 4.43. The normalized spacial score (nSPS) is 10.8. The van der Waals surface area contributed by atoms with Crippen molar-refractivity contribution in [3.8, 4) is 17.2 Å². The number of benzene rings is 4. The van der Waals surface area contributed by atoms with Gasteiger partial charge in [-0.15, -0.1) is 11.8 Å². The van der Waals surface area contributed by atoms with E-state index in [1.165, 1.54) is 63.4 Å². The van der Waals surface area contributed by atoms with E-state index in [9.17, 15) is 24.5 Å². The smallest absolute Gasteiger partial charge is 0.272 e. The van der Waals surface area contributed by atoms with Crippen LogP contribution >= 0.6 is 11.8 Å². The van der Waals surface area contributed by atoms with E-state index in [1.54, 1.807) is 66.7 Å². The maximum Gasteiger partial charge on any atom is 0.272 e. The van der Waals surface area contributed by atoms with Crippen molar-refractivity contribution in [3.63, 3.8) is 0 Å². The number of hydrogen-bond acceptors (Lipinski definition) is 9. The van der Waals surface area contributed by atoms with E-state index >= 15 is 0 Å². The molecule has 0 aliphatic carbocycles. The molecule has 0 spiro atoms. The average Bonchev–Trinajstić information content (AvgIpc) is 3.07. The molecule has 0 bridgehead atoms. The molecule has 0 radical (unpaired) electrons. The fraction of sp³-hybridized carbons (Fsp3) is 0.121. The van der Waals surface area contributed by atoms with Crippen LogP contribution in [0.3, 0.4) is 0 Å². The van der Waals surface area contributed by atoms with Crippen molar-refractivity contribution in [2.45, 2.75) is 4.90 Å². The Bertz CT molecular complexity index is 1720. The van der Waals surface area contributed by atoms with Gasteiger partial charge >= 0.3 is 0 Å². The zero-order valence-electron chi connectivity index (χ0n) is 25.1. The van der Waals surface area contributed by atoms with Crippen LogP contribution < -0.4 is 30.2 Å². The predicted molar refractivity (Wildman–Crippen MR) is 176 cm³/mol. The number of nitro benzene ring substituents is 1. The van der Waals surface area contributed by atoms with Gasteiger partial charge in [-0.25, -0.2) is 0 Å². The molecular formula is C33H30N4O8S. The summed E-state index contributed by atoms with van der Waals surface area (Å²) in [5.41, 5.74) is 1.67. The summed E-state index contributed by atoms with van der Waals surface area (Å²) in [6.07, 6.45) is 1.49. The van der Waals surface area contributed by atoms with Crippen LogP contribution in [-0.2, 0) is 9.59 Å². The molecule has 12 nitrogen and oxygen atoms in total. The summed E-state index contributed by atoms with van der Waals surface area (Å²) >= 11 is 1.27. The lowest BCUT2D eigenvalue weighted by molar-refractivity contribution is -0.384. The van der Waals surface area contributed by atoms with E-state index < -0.39 is 16.7 Å². The first kappa shape index (κ1) is 33.1. The fourth-order valence-electron chi connectivity index (χ4n) is 4.14. The molecule has 13 heteroatoms. The number of carbonyl (C=O) groups excluding carboxylic acids is 3. The molecule has 0 aromatic heterocycles. The van der Waals surface area contributed by atoms with Gasteiger partial charge in [-0.05, 0) is 72.3 Å². The Labute approximate surface area is 268 Å². The number of amides is 3. The minimum absolute atomic E-state index is 0.0375. The molecule has 0 saturated heterocycles. The molecule has 236 valence electrons. The van der Waals surface area contributed by atoms with Gasteiger partial charge in [-0.2, -0.15) is 0 Å². The van der Waals surface area contributed by atoms with Crippen molar-refractivity contribution in [1.82, 2.24) is 5.32 Å². The number of nitrogens with zero attached hydrogens (tertiary/aromatic N) is 1. The summed E-state index contributed by atoms with van der Waals surface area (Å²) < 4.78 is 16.2. The zero-order chi connectivity index (χ0) is 33.1. The van der Waals surface area contributed by atoms with Gasteiger partial charge in [0, 0.05) is 34.0 Å². The summed E-state index contributed by atoms with van der Waals surface area (Å²) in [6, 6.07) is 24.2. The number of nitro groups is 1. The maximum atomic E-state index is 13.5. The Morgan fingerprint density at radius 3 is 1.96 bits per heavy atom. The SMILES string of the molecule is COc1cc(/C=C(\NC(=O)c2ccccc2)C(=O)Nc2ccc(SCC(=O)Nc3ccc([N+](=O)[O-])cc3)cc2)cc(OC)c1OC. The third-order valence-electron chi connectivity index (χ3n) is 6.37. The quantitative estimate of drug-likeness (QED) is 0.0713. The molecule has 0 fully saturated rings. The van der Waals surface area contributed by atoms with Gasteiger partial charge in [0.1, 0.15) is 5.70 Å². The molecule has 0 heterocycles. The molecule has 0 aliphatic rings. The van der Waals surface area contributed by atoms with Crippen LogP contribution in [0.25, 0.3) is 6.08 Å². The van der Waals surface area contributed by atoms with E-state index in [2.05, 4.69) is 16.0 Å². The number of thioether (sulfide) groups is 1. The zero-order valence-corrected chi connectivity index (χ0v) is 25.9. The Morgan fingerprint density at radius 1 is 0.804 bits per heavy atom. The third kappa shape index (κ3) is 8.86. The Kier molecular flexibility index (Phi) is 11.3. The first-order valence-corrected chi connectivity index (χ1v) is 14.7. The summed E-state index contributed by atoms with van der Waals surface area (Å²) in [6.45, 7) is 0. The molecule has 4 aromatic rings. The van der Waals surface area contributed by atoms with Gasteiger partial charge in [0.05, 0.1) is 32.0 Å². The maximum absolute atomic E-state index is 13.5. The van der Waals surface area contributed by atoms with Gasteiger partial charge < -0.3 is 30.2 Å². The van der Waals surface area contributed by atoms with Gasteiger partial charge in [0.15, 0.2) is 11.5 Å². The Balaban J connectivity index is 1.47. The molecule has 46 heavy (non-hydrogen) atoms. The summed E-state index contributed by atoms with van der Waals surface area (Å²) in [5.74, 6) is -0.131. The van der Waals surface area contributed by atoms with Crippen molar-refractivity contribution in [1.29, 1.82) is 0 Å². The van der Waals surface area contributed by atoms with Crippen molar-refractivity contribution in [3.05, 3.63) is 118 Å². The van der Waals surface area contributed by atoms with Gasteiger partial charge in [0.25, 0.3) is 17.5 Å². The lowest BCUT2D eigenvalue weighted by Crippen LogP contribution is -2.30. The first-order valence-electron chi connectivity index (χ1n) is 13.7. The van der Waals surface area contributed by atoms with Crippen molar-refractivity contribution in [2.24, 2.45) is 0 Å². The van der Waals surface area contributed by atoms with E-state index in [0.29, 0.717) is 39.8 Å². The lowest BCUT2D eigenvalue weighted by Gasteiger charge is -2.15. The highest BCUT2D eigenvalue weighted by Gasteiger charge is 2.18. The van der Waals surface area contributed by atoms with Crippen LogP contribution in [-0.4, -0.2) is 49.7 Å². The van der Waals surface area contributed by atoms with E-state index in [0.717, 1.165) is 4.90 Å². The Morgan fingerprint density at radius 2 is 1.39 bits per heavy atom. The van der Waals surface area contributed by atoms with Crippen LogP contribution in [0.15, 0.2) is 102 Å². The number of ether oxygens (including phenoxy) is 3. The molecule has 0 aliphatic heterocycles. The highest BCUT2D eigenvalue weighted by Crippen LogP contribution is 2.38. The average molecular weight is 643 g/mol. The second-order valence-corrected chi connectivity index (χ2v) is 10.5. The second kappa shape index (κ2) is 15.8. The fourth-order valence-corrected chi connectivity index (χ4v) is 4.84. The number of nitrogens with one attached hydrogen (secondary N) is 3. The molecule has 3 amide bonds. The molecule has 0 saturated carbocycles. The predicted octanol–water partition coefficient (Wildman–Crippen LogP) is 5.76. The molecular weight excluding hydrogens is 612 g/mol. The van der Waals surface area contributed by atoms with E-state index in [-0.39, 0.29) is 23.0 Å². The number of hydrogen-bond donors (Lipinski definition) is 3. The molecule has 3 N–H and O–H groups in total. The summed E-state index contributed by atoms with van der Waals surface area (Å²) in [5, 5.41) is 19.0. The monoisotopic (exact) mass is 642 g/mol. The van der Waals surface area contributed by atoms with Crippen LogP contribution in [0.5, 0.6) is 17.2 Å². The van der Waals surface area contributed by atoms with Crippen LogP contribution in [0.4, 0.5) is 17.1 Å². The lowest BCUT2D eigenvalue weighted by atomic mass is 10.1. The summed E-state index contributed by atoms with van der Waals surface area (Å²) in [4.78, 5) is 49.9. The number of rotatable bonds is 13. The minimum Gasteiger partial charge on any atom is -0.493 e. The number of methoxy groups -OCH3 is 3. The number of non-ortho nitro benzene ring substituents is 1. The standard InChI is InChI=1S/C33H30N4O8S/c1-43-28-18-21(19-29(44-2)31(28)45-3)17-27(36-32(39)22-7-5-4-6-8-22)33(40)35-24-11-15-26(16-12-24)46-20-30(38)34-23-9-13-25(14-10-23)37(41)42/h4-19H,20H2,1-3H3,(H,34,38)(H,35,40)(H,36,39)/b27-17-. The highest BCUT2D eigenvalue weighted by molar-refractivity contribution is 8.00. The Hall–Kier alpha value is -5.82. The van der Waals surface area contributed by atoms with Crippen molar-refractivity contribution >= 4 is 52.6 Å². The van der Waals surface area contributed by atoms with Crippen molar-refractivity contribution in [2.75, 3.05) is 37.7 Å². The van der Waals surface area contributed by atoms with Gasteiger partial charge in [0.2, 0.25) is 11.7 Å². The molecule has 4 rings (SSSR count). The molecule has 0 atom stereocenters.